The molecule has 0 spiro atoms. The molecular formula is C25H22F2N4O2. The Morgan fingerprint density at radius 1 is 1.15 bits per heavy atom. The highest BCUT2D eigenvalue weighted by Crippen LogP contribution is 2.41. The van der Waals surface area contributed by atoms with E-state index in [4.69, 9.17) is 9.72 Å². The molecule has 1 aromatic carbocycles. The fraction of sp³-hybridized carbons (Fsp3) is 0.280. The molecule has 1 saturated heterocycles. The largest absolute Gasteiger partial charge is 0.489 e. The molecule has 0 amide bonds. The topological polar surface area (TPSA) is 61.1 Å². The molecule has 8 heteroatoms. The van der Waals surface area contributed by atoms with Crippen molar-refractivity contribution in [3.63, 3.8) is 0 Å². The standard InChI is InChI=1S/C25H22F2N4O2/c1-30-21-11-16-4-6-20(28-16)24(21)18-5-7-22(29-25(18)30)31-9-8-17(12-23(31)32)33-13-14-2-3-15(26)10-19(14)27/h2-3,5,7-10,12,16,20,28H,4,6,11,13H2,1H3. The average molecular weight is 448 g/mol. The van der Waals surface area contributed by atoms with Crippen LogP contribution in [0, 0.1) is 11.6 Å². The van der Waals surface area contributed by atoms with Gasteiger partial charge in [-0.25, -0.2) is 13.8 Å². The van der Waals surface area contributed by atoms with Crippen molar-refractivity contribution in [2.45, 2.75) is 38.0 Å². The summed E-state index contributed by atoms with van der Waals surface area (Å²) in [6, 6.07) is 11.1. The van der Waals surface area contributed by atoms with Crippen molar-refractivity contribution < 1.29 is 13.5 Å². The summed E-state index contributed by atoms with van der Waals surface area (Å²) >= 11 is 0. The third-order valence-corrected chi connectivity index (χ3v) is 6.76. The number of hydrogen-bond donors (Lipinski definition) is 1. The molecule has 4 aromatic rings. The lowest BCUT2D eigenvalue weighted by atomic mass is 10.00. The van der Waals surface area contributed by atoms with E-state index in [1.165, 1.54) is 40.4 Å². The monoisotopic (exact) mass is 448 g/mol. The van der Waals surface area contributed by atoms with Crippen molar-refractivity contribution in [2.75, 3.05) is 0 Å². The van der Waals surface area contributed by atoms with E-state index < -0.39 is 11.6 Å². The Morgan fingerprint density at radius 3 is 2.85 bits per heavy atom. The molecule has 0 saturated carbocycles. The molecule has 2 bridgehead atoms. The first kappa shape index (κ1) is 20.1. The van der Waals surface area contributed by atoms with Crippen LogP contribution in [0.15, 0.2) is 53.5 Å². The molecule has 3 aromatic heterocycles. The first-order valence-electron chi connectivity index (χ1n) is 11.0. The lowest BCUT2D eigenvalue weighted by molar-refractivity contribution is 0.298. The van der Waals surface area contributed by atoms with Gasteiger partial charge < -0.3 is 14.6 Å². The molecule has 2 atom stereocenters. The summed E-state index contributed by atoms with van der Waals surface area (Å²) in [6.07, 6.45) is 4.93. The Bertz CT molecular complexity index is 1460. The number of pyridine rings is 2. The number of hydrogen-bond acceptors (Lipinski definition) is 4. The molecule has 168 valence electrons. The molecule has 33 heavy (non-hydrogen) atoms. The number of aryl methyl sites for hydroxylation is 1. The first-order valence-corrected chi connectivity index (χ1v) is 11.0. The molecule has 6 nitrogen and oxygen atoms in total. The Balaban J connectivity index is 1.29. The average Bonchev–Trinajstić information content (AvgIpc) is 3.31. The molecule has 1 N–H and O–H groups in total. The molecule has 1 fully saturated rings. The fourth-order valence-electron chi connectivity index (χ4n) is 5.12. The van der Waals surface area contributed by atoms with Gasteiger partial charge in [0.25, 0.3) is 5.56 Å². The quantitative estimate of drug-likeness (QED) is 0.514. The van der Waals surface area contributed by atoms with Crippen molar-refractivity contribution in [1.29, 1.82) is 0 Å². The minimum absolute atomic E-state index is 0.106. The predicted molar refractivity (Wildman–Crippen MR) is 120 cm³/mol. The molecule has 0 radical (unpaired) electrons. The number of benzene rings is 1. The molecule has 0 aliphatic carbocycles. The van der Waals surface area contributed by atoms with Crippen LogP contribution < -0.4 is 15.6 Å². The number of nitrogens with one attached hydrogen (secondary N) is 1. The number of rotatable bonds is 4. The van der Waals surface area contributed by atoms with Crippen molar-refractivity contribution >= 4 is 11.0 Å². The van der Waals surface area contributed by atoms with Gasteiger partial charge in [0.2, 0.25) is 0 Å². The minimum atomic E-state index is -0.686. The lowest BCUT2D eigenvalue weighted by Gasteiger charge is -2.22. The maximum absolute atomic E-state index is 13.8. The van der Waals surface area contributed by atoms with Gasteiger partial charge in [0.15, 0.2) is 0 Å². The highest BCUT2D eigenvalue weighted by Gasteiger charge is 2.36. The Hall–Kier alpha value is -3.52. The zero-order valence-electron chi connectivity index (χ0n) is 18.0. The second kappa shape index (κ2) is 7.52. The van der Waals surface area contributed by atoms with Crippen molar-refractivity contribution in [3.05, 3.63) is 87.5 Å². The third-order valence-electron chi connectivity index (χ3n) is 6.76. The first-order chi connectivity index (χ1) is 16.0. The van der Waals surface area contributed by atoms with E-state index in [1.807, 2.05) is 19.2 Å². The zero-order valence-corrected chi connectivity index (χ0v) is 18.0. The van der Waals surface area contributed by atoms with Gasteiger partial charge >= 0.3 is 0 Å². The van der Waals surface area contributed by atoms with Gasteiger partial charge in [0, 0.05) is 60.5 Å². The Labute approximate surface area is 188 Å². The van der Waals surface area contributed by atoms with E-state index in [2.05, 4.69) is 9.88 Å². The highest BCUT2D eigenvalue weighted by atomic mass is 19.1. The van der Waals surface area contributed by atoms with E-state index in [0.29, 0.717) is 23.7 Å². The Morgan fingerprint density at radius 2 is 2.03 bits per heavy atom. The number of ether oxygens (including phenoxy) is 1. The maximum atomic E-state index is 13.8. The molecular weight excluding hydrogens is 426 g/mol. The molecule has 6 rings (SSSR count). The Kier molecular flexibility index (Phi) is 4.58. The van der Waals surface area contributed by atoms with E-state index in [9.17, 15) is 13.6 Å². The number of aromatic nitrogens is 3. The minimum Gasteiger partial charge on any atom is -0.489 e. The summed E-state index contributed by atoms with van der Waals surface area (Å²) in [6.45, 7) is -0.106. The van der Waals surface area contributed by atoms with Crippen LogP contribution in [0.3, 0.4) is 0 Å². The summed E-state index contributed by atoms with van der Waals surface area (Å²) in [4.78, 5) is 17.6. The van der Waals surface area contributed by atoms with Crippen LogP contribution in [0.2, 0.25) is 0 Å². The lowest BCUT2D eigenvalue weighted by Crippen LogP contribution is -2.32. The van der Waals surface area contributed by atoms with E-state index in [1.54, 1.807) is 12.3 Å². The van der Waals surface area contributed by atoms with Crippen LogP contribution in [-0.2, 0) is 20.1 Å². The highest BCUT2D eigenvalue weighted by molar-refractivity contribution is 5.84. The van der Waals surface area contributed by atoms with E-state index >= 15 is 0 Å². The summed E-state index contributed by atoms with van der Waals surface area (Å²) in [5.41, 5.74) is 3.43. The SMILES string of the molecule is Cn1c2c(c3ccc(-n4ccc(OCc5ccc(F)cc5F)cc4=O)nc31)C1CCC(C2)N1. The van der Waals surface area contributed by atoms with Gasteiger partial charge in [-0.1, -0.05) is 0 Å². The smallest absolute Gasteiger partial charge is 0.259 e. The summed E-state index contributed by atoms with van der Waals surface area (Å²) in [5.74, 6) is -0.502. The van der Waals surface area contributed by atoms with Crippen LogP contribution in [-0.4, -0.2) is 20.2 Å². The number of halogens is 2. The predicted octanol–water partition coefficient (Wildman–Crippen LogP) is 3.93. The summed E-state index contributed by atoms with van der Waals surface area (Å²) < 4.78 is 36.0. The van der Waals surface area contributed by atoms with Gasteiger partial charge in [-0.05, 0) is 48.7 Å². The molecule has 2 aliphatic heterocycles. The van der Waals surface area contributed by atoms with Gasteiger partial charge in [0.1, 0.15) is 35.5 Å². The van der Waals surface area contributed by atoms with Gasteiger partial charge in [-0.2, -0.15) is 0 Å². The van der Waals surface area contributed by atoms with Gasteiger partial charge in [0.05, 0.1) is 0 Å². The maximum Gasteiger partial charge on any atom is 0.259 e. The number of nitrogens with zero attached hydrogens (tertiary/aromatic N) is 3. The molecule has 5 heterocycles. The van der Waals surface area contributed by atoms with E-state index in [-0.39, 0.29) is 17.7 Å². The third kappa shape index (κ3) is 3.33. The van der Waals surface area contributed by atoms with Crippen LogP contribution in [0.5, 0.6) is 5.75 Å². The molecule has 2 unspecified atom stereocenters. The molecule has 2 aliphatic rings. The van der Waals surface area contributed by atoms with Gasteiger partial charge in [-0.15, -0.1) is 0 Å². The second-order valence-corrected chi connectivity index (χ2v) is 8.75. The normalized spacial score (nSPS) is 19.1. The summed E-state index contributed by atoms with van der Waals surface area (Å²) in [5, 5.41) is 4.82. The van der Waals surface area contributed by atoms with Crippen LogP contribution in [0.25, 0.3) is 16.9 Å². The summed E-state index contributed by atoms with van der Waals surface area (Å²) in [7, 11) is 2.04. The van der Waals surface area contributed by atoms with Crippen molar-refractivity contribution in [3.8, 4) is 11.6 Å². The van der Waals surface area contributed by atoms with Crippen LogP contribution in [0.4, 0.5) is 8.78 Å². The van der Waals surface area contributed by atoms with E-state index in [0.717, 1.165) is 29.9 Å². The number of fused-ring (bicyclic) bond motifs is 6. The zero-order chi connectivity index (χ0) is 22.7. The van der Waals surface area contributed by atoms with Crippen LogP contribution in [0.1, 0.15) is 35.7 Å². The van der Waals surface area contributed by atoms with Crippen LogP contribution >= 0.6 is 0 Å². The van der Waals surface area contributed by atoms with Gasteiger partial charge in [-0.3, -0.25) is 9.36 Å². The fourth-order valence-corrected chi connectivity index (χ4v) is 5.12. The van der Waals surface area contributed by atoms with Crippen molar-refractivity contribution in [1.82, 2.24) is 19.4 Å². The second-order valence-electron chi connectivity index (χ2n) is 8.75. The van der Waals surface area contributed by atoms with Crippen molar-refractivity contribution in [2.24, 2.45) is 7.05 Å².